The van der Waals surface area contributed by atoms with E-state index in [1.165, 1.54) is 0 Å². The van der Waals surface area contributed by atoms with E-state index in [1.807, 2.05) is 72.9 Å². The summed E-state index contributed by atoms with van der Waals surface area (Å²) in [7, 11) is 4.73. The average molecular weight is 435 g/mol. The van der Waals surface area contributed by atoms with E-state index in [9.17, 15) is 0 Å². The van der Waals surface area contributed by atoms with Gasteiger partial charge in [0.25, 0.3) is 0 Å². The van der Waals surface area contributed by atoms with Crippen LogP contribution in [-0.4, -0.2) is 22.8 Å². The predicted molar refractivity (Wildman–Crippen MR) is 104 cm³/mol. The summed E-state index contributed by atoms with van der Waals surface area (Å²) in [6.07, 6.45) is 23.8. The zero-order chi connectivity index (χ0) is 17.9. The van der Waals surface area contributed by atoms with Crippen molar-refractivity contribution in [1.29, 1.82) is 0 Å². The summed E-state index contributed by atoms with van der Waals surface area (Å²) in [6, 6.07) is 0. The summed E-state index contributed by atoms with van der Waals surface area (Å²) >= 11 is 1.02. The number of nitrogens with zero attached hydrogens (tertiary/aromatic N) is 4. The quantitative estimate of drug-likeness (QED) is 0.546. The first-order chi connectivity index (χ1) is 12.8. The summed E-state index contributed by atoms with van der Waals surface area (Å²) in [5, 5.41) is 0. The second kappa shape index (κ2) is 7.57. The fraction of sp³-hybridized carbons (Fsp3) is 0. The molecule has 0 aromatic carbocycles. The topological polar surface area (TPSA) is 49.4 Å². The zero-order valence-corrected chi connectivity index (χ0v) is 16.8. The Labute approximate surface area is 170 Å². The van der Waals surface area contributed by atoms with Crippen molar-refractivity contribution < 1.29 is 23.5 Å². The van der Waals surface area contributed by atoms with Crippen LogP contribution in [0, 0.1) is 0 Å². The molecule has 0 saturated carbocycles. The van der Waals surface area contributed by atoms with Gasteiger partial charge in [-0.2, -0.15) is 0 Å². The maximum atomic E-state index is 4.73. The van der Waals surface area contributed by atoms with Crippen LogP contribution in [0.4, 0.5) is 0 Å². The molecular formula is C20H12ClN4Zr. The molecule has 6 heteroatoms. The molecule has 5 aliphatic rings. The van der Waals surface area contributed by atoms with E-state index in [2.05, 4.69) is 20.0 Å². The van der Waals surface area contributed by atoms with Gasteiger partial charge >= 0.3 is 32.0 Å². The van der Waals surface area contributed by atoms with E-state index in [4.69, 9.17) is 8.51 Å². The summed E-state index contributed by atoms with van der Waals surface area (Å²) < 4.78 is 0. The van der Waals surface area contributed by atoms with Crippen LogP contribution >= 0.6 is 8.51 Å². The number of fused-ring (bicyclic) bond motifs is 4. The van der Waals surface area contributed by atoms with E-state index < -0.39 is 0 Å². The second-order valence-corrected chi connectivity index (χ2v) is 5.76. The Balaban J connectivity index is 0.000000814. The summed E-state index contributed by atoms with van der Waals surface area (Å²) in [5.74, 6) is 0. The monoisotopic (exact) mass is 433 g/mol. The van der Waals surface area contributed by atoms with Crippen LogP contribution in [0.25, 0.3) is 0 Å². The molecule has 0 fully saturated rings. The molecule has 5 aliphatic heterocycles. The van der Waals surface area contributed by atoms with Gasteiger partial charge in [-0.3, -0.25) is 0 Å². The minimum absolute atomic E-state index is 0.894. The Morgan fingerprint density at radius 3 is 0.885 bits per heavy atom. The van der Waals surface area contributed by atoms with E-state index in [0.717, 1.165) is 69.2 Å². The van der Waals surface area contributed by atoms with Gasteiger partial charge in [0, 0.05) is 0 Å². The van der Waals surface area contributed by atoms with Gasteiger partial charge < -0.3 is 0 Å². The molecule has 5 heterocycles. The standard InChI is InChI=1S/C20H12N4.ClH.Zr/c1-2-14-10-16-5-6-18(23-16)12-20-8-7-19(24-20)11-17-4-3-15(22-17)9-13(1)21-14;;/h1-12H;1H;/q;;+1/p-1. The summed E-state index contributed by atoms with van der Waals surface area (Å²) in [4.78, 5) is 18.4. The van der Waals surface area contributed by atoms with Crippen molar-refractivity contribution in [3.05, 3.63) is 95.7 Å². The average Bonchev–Trinajstić information content (AvgIpc) is 3.42. The van der Waals surface area contributed by atoms with Crippen molar-refractivity contribution in [2.24, 2.45) is 20.0 Å². The van der Waals surface area contributed by atoms with Crippen molar-refractivity contribution in [2.45, 2.75) is 0 Å². The Bertz CT molecular complexity index is 854. The van der Waals surface area contributed by atoms with Gasteiger partial charge in [-0.25, -0.2) is 20.0 Å². The Hall–Kier alpha value is -2.23. The third kappa shape index (κ3) is 3.79. The van der Waals surface area contributed by atoms with Gasteiger partial charge in [0.15, 0.2) is 0 Å². The molecule has 5 rings (SSSR count). The number of hydrogen-bond donors (Lipinski definition) is 0. The molecule has 0 amide bonds. The van der Waals surface area contributed by atoms with Crippen molar-refractivity contribution >= 4 is 31.4 Å². The van der Waals surface area contributed by atoms with E-state index in [1.54, 1.807) is 0 Å². The van der Waals surface area contributed by atoms with Crippen LogP contribution in [0.15, 0.2) is 116 Å². The van der Waals surface area contributed by atoms with Gasteiger partial charge in [-0.15, -0.1) is 0 Å². The van der Waals surface area contributed by atoms with Gasteiger partial charge in [0.1, 0.15) is 0 Å². The minimum atomic E-state index is 0.894. The fourth-order valence-electron chi connectivity index (χ4n) is 2.83. The van der Waals surface area contributed by atoms with E-state index in [0.29, 0.717) is 0 Å². The van der Waals surface area contributed by atoms with Crippen LogP contribution in [0.3, 0.4) is 0 Å². The van der Waals surface area contributed by atoms with Crippen LogP contribution < -0.4 is 0 Å². The Morgan fingerprint density at radius 2 is 0.654 bits per heavy atom. The molecule has 0 radical (unpaired) electrons. The molecule has 0 aromatic rings. The summed E-state index contributed by atoms with van der Waals surface area (Å²) in [6.45, 7) is 0. The van der Waals surface area contributed by atoms with Crippen LogP contribution in [0.1, 0.15) is 0 Å². The number of hydrogen-bond acceptors (Lipinski definition) is 4. The molecular weight excluding hydrogens is 423 g/mol. The number of halogens is 1. The third-order valence-electron chi connectivity index (χ3n) is 3.92. The molecule has 0 spiro atoms. The molecule has 0 atom stereocenters. The molecule has 8 bridgehead atoms. The van der Waals surface area contributed by atoms with Crippen molar-refractivity contribution in [1.82, 2.24) is 0 Å². The summed E-state index contributed by atoms with van der Waals surface area (Å²) in [5.41, 5.74) is 7.15. The first-order valence-corrected chi connectivity index (χ1v) is 11.1. The van der Waals surface area contributed by atoms with Gasteiger partial charge in [0.05, 0.1) is 45.6 Å². The van der Waals surface area contributed by atoms with E-state index >= 15 is 0 Å². The second-order valence-electron chi connectivity index (χ2n) is 5.76. The number of rotatable bonds is 0. The van der Waals surface area contributed by atoms with Crippen LogP contribution in [0.5, 0.6) is 0 Å². The third-order valence-corrected chi connectivity index (χ3v) is 3.92. The van der Waals surface area contributed by atoms with E-state index in [-0.39, 0.29) is 0 Å². The normalized spacial score (nSPS) is 21.1. The van der Waals surface area contributed by atoms with Crippen LogP contribution in [0.2, 0.25) is 0 Å². The van der Waals surface area contributed by atoms with Gasteiger partial charge in [-0.1, -0.05) is 0 Å². The molecule has 4 nitrogen and oxygen atoms in total. The van der Waals surface area contributed by atoms with Gasteiger partial charge in [0.2, 0.25) is 0 Å². The molecule has 0 unspecified atom stereocenters. The van der Waals surface area contributed by atoms with Crippen molar-refractivity contribution in [2.75, 3.05) is 0 Å². The molecule has 123 valence electrons. The van der Waals surface area contributed by atoms with Gasteiger partial charge in [-0.05, 0) is 72.9 Å². The molecule has 26 heavy (non-hydrogen) atoms. The zero-order valence-electron chi connectivity index (χ0n) is 13.6. The first kappa shape index (κ1) is 17.2. The first-order valence-electron chi connectivity index (χ1n) is 7.93. The molecule has 0 aromatic heterocycles. The Kier molecular flexibility index (Phi) is 5.01. The van der Waals surface area contributed by atoms with Crippen molar-refractivity contribution in [3.8, 4) is 0 Å². The van der Waals surface area contributed by atoms with Crippen LogP contribution in [-0.2, 0) is 23.5 Å². The SMILES string of the molecule is C1=CC2=NC1=CC1=NC(=CC3=NC(=CC4=NC(=C2)C=C4)C=C3)C=C1.[Cl][Zr]. The molecule has 0 aliphatic carbocycles. The molecule has 0 N–H and O–H groups in total. The van der Waals surface area contributed by atoms with Crippen molar-refractivity contribution in [3.63, 3.8) is 0 Å². The Morgan fingerprint density at radius 1 is 0.423 bits per heavy atom. The molecule has 0 saturated heterocycles. The fourth-order valence-corrected chi connectivity index (χ4v) is 2.83. The number of aliphatic imine (C=N–C) groups is 4. The number of allylic oxidation sites excluding steroid dienone is 12. The maximum absolute atomic E-state index is 4.73. The predicted octanol–water partition coefficient (Wildman–Crippen LogP) is 4.27.